The molecular weight excluding hydrogens is 458 g/mol. The minimum Gasteiger partial charge on any atom is -0.508 e. The van der Waals surface area contributed by atoms with Crippen molar-refractivity contribution in [2.45, 2.75) is 26.0 Å². The molecule has 174 valence electrons. The Bertz CT molecular complexity index is 1340. The van der Waals surface area contributed by atoms with Gasteiger partial charge >= 0.3 is 12.5 Å². The van der Waals surface area contributed by atoms with Crippen LogP contribution in [0.4, 0.5) is 26.3 Å². The van der Waals surface area contributed by atoms with Crippen molar-refractivity contribution in [3.63, 3.8) is 0 Å². The van der Waals surface area contributed by atoms with Crippen molar-refractivity contribution < 1.29 is 41.3 Å². The molecule has 1 aromatic carbocycles. The number of fused-ring (bicyclic) bond motifs is 1. The van der Waals surface area contributed by atoms with Gasteiger partial charge in [0.2, 0.25) is 5.88 Å². The largest absolute Gasteiger partial charge is 0.573 e. The van der Waals surface area contributed by atoms with Crippen LogP contribution in [0.2, 0.25) is 0 Å². The van der Waals surface area contributed by atoms with Crippen molar-refractivity contribution in [2.75, 3.05) is 0 Å². The lowest BCUT2D eigenvalue weighted by Gasteiger charge is -2.11. The van der Waals surface area contributed by atoms with Crippen LogP contribution in [0, 0.1) is 6.92 Å². The van der Waals surface area contributed by atoms with Crippen molar-refractivity contribution >= 4 is 10.9 Å². The number of aromatic nitrogens is 4. The summed E-state index contributed by atoms with van der Waals surface area (Å²) < 4.78 is 81.2. The van der Waals surface area contributed by atoms with Gasteiger partial charge in [-0.3, -0.25) is 9.25 Å². The van der Waals surface area contributed by atoms with Crippen LogP contribution in [-0.2, 0) is 6.54 Å². The molecule has 0 aliphatic rings. The lowest BCUT2D eigenvalue weighted by atomic mass is 10.1. The van der Waals surface area contributed by atoms with E-state index in [0.29, 0.717) is 10.2 Å². The molecule has 7 nitrogen and oxygen atoms in total. The molecule has 0 aliphatic carbocycles. The third kappa shape index (κ3) is 4.81. The van der Waals surface area contributed by atoms with Crippen molar-refractivity contribution in [1.29, 1.82) is 0 Å². The predicted octanol–water partition coefficient (Wildman–Crippen LogP) is 5.07. The van der Waals surface area contributed by atoms with Gasteiger partial charge in [-0.25, -0.2) is 4.98 Å². The molecule has 0 atom stereocenters. The number of hydrogen-bond donors (Lipinski definition) is 2. The molecule has 0 spiro atoms. The fourth-order valence-corrected chi connectivity index (χ4v) is 3.40. The number of aryl methyl sites for hydroxylation is 1. The summed E-state index contributed by atoms with van der Waals surface area (Å²) >= 11 is 0. The third-order valence-electron chi connectivity index (χ3n) is 4.61. The van der Waals surface area contributed by atoms with Crippen molar-refractivity contribution in [3.8, 4) is 34.3 Å². The van der Waals surface area contributed by atoms with Gasteiger partial charge in [0.05, 0.1) is 28.5 Å². The molecule has 4 aromatic rings. The van der Waals surface area contributed by atoms with Crippen LogP contribution < -0.4 is 4.74 Å². The van der Waals surface area contributed by atoms with E-state index in [4.69, 9.17) is 0 Å². The number of phenols is 1. The van der Waals surface area contributed by atoms with Gasteiger partial charge in [0.1, 0.15) is 18.0 Å². The van der Waals surface area contributed by atoms with Crippen LogP contribution in [0.25, 0.3) is 27.8 Å². The maximum Gasteiger partial charge on any atom is 0.573 e. The number of phenolic OH excluding ortho intramolecular Hbond substituents is 1. The number of alkyl halides is 6. The number of benzene rings is 1. The smallest absolute Gasteiger partial charge is 0.508 e. The maximum absolute atomic E-state index is 12.6. The van der Waals surface area contributed by atoms with E-state index in [-0.39, 0.29) is 33.7 Å². The average Bonchev–Trinajstić information content (AvgIpc) is 3.22. The molecule has 4 rings (SSSR count). The van der Waals surface area contributed by atoms with Gasteiger partial charge in [0.25, 0.3) is 0 Å². The SMILES string of the molecule is Cc1cc(-c2cc(O)cc(OC(F)(F)F)c2)nc2cn(-c3cnn(CC(F)(F)F)c3)c(O)c12. The van der Waals surface area contributed by atoms with E-state index in [9.17, 15) is 36.6 Å². The summed E-state index contributed by atoms with van der Waals surface area (Å²) in [6.07, 6.45) is -5.85. The molecule has 3 heterocycles. The van der Waals surface area contributed by atoms with Crippen LogP contribution in [0.5, 0.6) is 17.4 Å². The van der Waals surface area contributed by atoms with Crippen molar-refractivity contribution in [2.24, 2.45) is 0 Å². The third-order valence-corrected chi connectivity index (χ3v) is 4.61. The molecule has 0 amide bonds. The summed E-state index contributed by atoms with van der Waals surface area (Å²) in [5.41, 5.74) is 1.13. The summed E-state index contributed by atoms with van der Waals surface area (Å²) in [7, 11) is 0. The summed E-state index contributed by atoms with van der Waals surface area (Å²) in [6.45, 7) is 0.302. The Morgan fingerprint density at radius 1 is 1.00 bits per heavy atom. The van der Waals surface area contributed by atoms with Crippen LogP contribution in [0.3, 0.4) is 0 Å². The second-order valence-corrected chi connectivity index (χ2v) is 7.18. The monoisotopic (exact) mass is 472 g/mol. The van der Waals surface area contributed by atoms with E-state index in [0.717, 1.165) is 24.5 Å². The number of rotatable bonds is 4. The van der Waals surface area contributed by atoms with E-state index in [1.54, 1.807) is 6.92 Å². The Morgan fingerprint density at radius 2 is 1.73 bits per heavy atom. The summed E-state index contributed by atoms with van der Waals surface area (Å²) in [6, 6.07) is 4.50. The highest BCUT2D eigenvalue weighted by Crippen LogP contribution is 2.36. The lowest BCUT2D eigenvalue weighted by molar-refractivity contribution is -0.274. The number of ether oxygens (including phenoxy) is 1. The second-order valence-electron chi connectivity index (χ2n) is 7.18. The maximum atomic E-state index is 12.6. The van der Waals surface area contributed by atoms with E-state index in [1.807, 2.05) is 0 Å². The molecular formula is C20H14F6N4O3. The van der Waals surface area contributed by atoms with E-state index < -0.39 is 30.6 Å². The van der Waals surface area contributed by atoms with Gasteiger partial charge in [-0.2, -0.15) is 18.3 Å². The normalized spacial score (nSPS) is 12.5. The fourth-order valence-electron chi connectivity index (χ4n) is 3.40. The topological polar surface area (TPSA) is 85.3 Å². The van der Waals surface area contributed by atoms with Gasteiger partial charge in [0.15, 0.2) is 0 Å². The molecule has 0 aliphatic heterocycles. The summed E-state index contributed by atoms with van der Waals surface area (Å²) in [5, 5.41) is 24.3. The molecule has 0 radical (unpaired) electrons. The second kappa shape index (κ2) is 7.60. The van der Waals surface area contributed by atoms with Gasteiger partial charge in [0, 0.05) is 24.0 Å². The standard InChI is InChI=1S/C20H14F6N4O3/c1-10-2-15(11-3-13(31)5-14(4-11)33-20(24,25)26)28-16-8-30(18(32)17(10)16)12-6-27-29(7-12)9-19(21,22)23/h2-8,31-32H,9H2,1H3. The minimum absolute atomic E-state index is 0.115. The Kier molecular flexibility index (Phi) is 5.14. The first-order valence-corrected chi connectivity index (χ1v) is 9.20. The highest BCUT2D eigenvalue weighted by molar-refractivity contribution is 5.90. The zero-order chi connectivity index (χ0) is 24.1. The molecule has 0 saturated heterocycles. The van der Waals surface area contributed by atoms with Crippen LogP contribution in [-0.4, -0.2) is 42.1 Å². The van der Waals surface area contributed by atoms with Crippen molar-refractivity contribution in [3.05, 3.63) is 48.4 Å². The Balaban J connectivity index is 1.76. The van der Waals surface area contributed by atoms with Gasteiger partial charge in [-0.1, -0.05) is 0 Å². The first-order chi connectivity index (χ1) is 15.3. The molecule has 13 heteroatoms. The summed E-state index contributed by atoms with van der Waals surface area (Å²) in [5.74, 6) is -1.43. The molecule has 33 heavy (non-hydrogen) atoms. The first kappa shape index (κ1) is 22.3. The van der Waals surface area contributed by atoms with Gasteiger partial charge < -0.3 is 14.9 Å². The molecule has 0 unspecified atom stereocenters. The highest BCUT2D eigenvalue weighted by Gasteiger charge is 2.31. The number of aromatic hydroxyl groups is 2. The van der Waals surface area contributed by atoms with Crippen molar-refractivity contribution in [1.82, 2.24) is 19.3 Å². The predicted molar refractivity (Wildman–Crippen MR) is 103 cm³/mol. The Hall–Kier alpha value is -3.90. The zero-order valence-corrected chi connectivity index (χ0v) is 16.6. The molecule has 0 fully saturated rings. The van der Waals surface area contributed by atoms with E-state index in [1.165, 1.54) is 22.9 Å². The van der Waals surface area contributed by atoms with Crippen LogP contribution >= 0.6 is 0 Å². The molecule has 0 saturated carbocycles. The van der Waals surface area contributed by atoms with E-state index >= 15 is 0 Å². The minimum atomic E-state index is -4.96. The molecule has 0 bridgehead atoms. The summed E-state index contributed by atoms with van der Waals surface area (Å²) in [4.78, 5) is 4.32. The average molecular weight is 472 g/mol. The first-order valence-electron chi connectivity index (χ1n) is 9.20. The Labute approximate surface area is 181 Å². The highest BCUT2D eigenvalue weighted by atomic mass is 19.4. The van der Waals surface area contributed by atoms with Crippen LogP contribution in [0.15, 0.2) is 42.9 Å². The number of halogens is 6. The number of hydrogen-bond acceptors (Lipinski definition) is 5. The van der Waals surface area contributed by atoms with E-state index in [2.05, 4.69) is 14.8 Å². The Morgan fingerprint density at radius 3 is 2.39 bits per heavy atom. The molecule has 2 N–H and O–H groups in total. The number of nitrogens with zero attached hydrogens (tertiary/aromatic N) is 4. The molecule has 3 aromatic heterocycles. The fraction of sp³-hybridized carbons (Fsp3) is 0.200. The lowest BCUT2D eigenvalue weighted by Crippen LogP contribution is -2.17. The van der Waals surface area contributed by atoms with Crippen LogP contribution in [0.1, 0.15) is 5.56 Å². The number of pyridine rings is 1. The van der Waals surface area contributed by atoms with Gasteiger partial charge in [-0.05, 0) is 30.7 Å². The van der Waals surface area contributed by atoms with Gasteiger partial charge in [-0.15, -0.1) is 13.2 Å². The quantitative estimate of drug-likeness (QED) is 0.405. The zero-order valence-electron chi connectivity index (χ0n) is 16.6.